The van der Waals surface area contributed by atoms with Gasteiger partial charge in [-0.3, -0.25) is 0 Å². The van der Waals surface area contributed by atoms with E-state index in [-0.39, 0.29) is 6.61 Å². The molecule has 0 aromatic heterocycles. The summed E-state index contributed by atoms with van der Waals surface area (Å²) < 4.78 is 10.7. The van der Waals surface area contributed by atoms with Gasteiger partial charge in [-0.15, -0.1) is 0 Å². The second kappa shape index (κ2) is 10.5. The van der Waals surface area contributed by atoms with Gasteiger partial charge in [0.25, 0.3) is 0 Å². The first kappa shape index (κ1) is 17.9. The minimum Gasteiger partial charge on any atom is -0.394 e. The lowest BCUT2D eigenvalue weighted by atomic mass is 10.1. The van der Waals surface area contributed by atoms with Crippen molar-refractivity contribution >= 4 is 0 Å². The van der Waals surface area contributed by atoms with E-state index in [1.807, 2.05) is 0 Å². The zero-order valence-corrected chi connectivity index (χ0v) is 12.5. The van der Waals surface area contributed by atoms with E-state index in [1.165, 1.54) is 38.5 Å². The summed E-state index contributed by atoms with van der Waals surface area (Å²) in [5.74, 6) is 0. The van der Waals surface area contributed by atoms with Crippen LogP contribution >= 0.6 is 0 Å². The Morgan fingerprint density at radius 3 is 2.05 bits per heavy atom. The Bertz CT molecular complexity index is 236. The lowest BCUT2D eigenvalue weighted by Crippen LogP contribution is -2.34. The molecule has 1 fully saturated rings. The van der Waals surface area contributed by atoms with E-state index >= 15 is 0 Å². The maximum atomic E-state index is 9.67. The number of hydrogen-bond acceptors (Lipinski definition) is 5. The molecule has 0 aliphatic carbocycles. The lowest BCUT2D eigenvalue weighted by Gasteiger charge is -2.15. The fraction of sp³-hybridized carbons (Fsp3) is 1.00. The van der Waals surface area contributed by atoms with Crippen LogP contribution in [-0.2, 0) is 9.47 Å². The SMILES string of the molecule is CCCCCCCCCCOC1O[C@H](CO)[C@H](O)[C@H]1O. The summed E-state index contributed by atoms with van der Waals surface area (Å²) in [5.41, 5.74) is 0. The van der Waals surface area contributed by atoms with Crippen molar-refractivity contribution in [2.45, 2.75) is 82.9 Å². The molecule has 1 aliphatic rings. The Morgan fingerprint density at radius 1 is 0.900 bits per heavy atom. The van der Waals surface area contributed by atoms with Gasteiger partial charge in [-0.05, 0) is 6.42 Å². The summed E-state index contributed by atoms with van der Waals surface area (Å²) in [5, 5.41) is 28.2. The van der Waals surface area contributed by atoms with E-state index in [9.17, 15) is 10.2 Å². The highest BCUT2D eigenvalue weighted by molar-refractivity contribution is 4.86. The quantitative estimate of drug-likeness (QED) is 0.504. The average molecular weight is 290 g/mol. The normalized spacial score (nSPS) is 30.0. The van der Waals surface area contributed by atoms with Crippen molar-refractivity contribution in [1.82, 2.24) is 0 Å². The number of ether oxygens (including phenoxy) is 2. The minimum absolute atomic E-state index is 0.310. The minimum atomic E-state index is -1.07. The highest BCUT2D eigenvalue weighted by Gasteiger charge is 2.42. The fourth-order valence-electron chi connectivity index (χ4n) is 2.44. The van der Waals surface area contributed by atoms with E-state index < -0.39 is 24.6 Å². The Balaban J connectivity index is 1.96. The molecule has 1 aliphatic heterocycles. The Hall–Kier alpha value is -0.200. The number of aliphatic hydroxyl groups excluding tert-OH is 3. The number of aliphatic hydroxyl groups is 3. The van der Waals surface area contributed by atoms with Crippen LogP contribution in [0.2, 0.25) is 0 Å². The first-order chi connectivity index (χ1) is 9.70. The Labute approximate surface area is 121 Å². The molecule has 1 rings (SSSR count). The molecule has 0 radical (unpaired) electrons. The molecule has 4 atom stereocenters. The van der Waals surface area contributed by atoms with Crippen molar-refractivity contribution in [3.63, 3.8) is 0 Å². The highest BCUT2D eigenvalue weighted by Crippen LogP contribution is 2.22. The Kier molecular flexibility index (Phi) is 9.39. The van der Waals surface area contributed by atoms with Gasteiger partial charge >= 0.3 is 0 Å². The summed E-state index contributed by atoms with van der Waals surface area (Å²) >= 11 is 0. The topological polar surface area (TPSA) is 79.2 Å². The zero-order chi connectivity index (χ0) is 14.8. The molecule has 1 saturated heterocycles. The predicted molar refractivity (Wildman–Crippen MR) is 76.3 cm³/mol. The van der Waals surface area contributed by atoms with E-state index in [1.54, 1.807) is 0 Å². The maximum absolute atomic E-state index is 9.67. The van der Waals surface area contributed by atoms with Crippen LogP contribution in [0.25, 0.3) is 0 Å². The summed E-state index contributed by atoms with van der Waals surface area (Å²) in [6, 6.07) is 0. The molecule has 120 valence electrons. The van der Waals surface area contributed by atoms with Gasteiger partial charge in [0.15, 0.2) is 6.29 Å². The van der Waals surface area contributed by atoms with Crippen LogP contribution in [0.3, 0.4) is 0 Å². The zero-order valence-electron chi connectivity index (χ0n) is 12.5. The van der Waals surface area contributed by atoms with E-state index in [4.69, 9.17) is 14.6 Å². The van der Waals surface area contributed by atoms with Gasteiger partial charge in [0, 0.05) is 6.61 Å². The second-order valence-electron chi connectivity index (χ2n) is 5.55. The molecule has 0 bridgehead atoms. The van der Waals surface area contributed by atoms with Crippen molar-refractivity contribution in [3.05, 3.63) is 0 Å². The summed E-state index contributed by atoms with van der Waals surface area (Å²) in [4.78, 5) is 0. The molecule has 0 saturated carbocycles. The first-order valence-corrected chi connectivity index (χ1v) is 7.94. The molecule has 0 amide bonds. The van der Waals surface area contributed by atoms with Crippen LogP contribution in [0.1, 0.15) is 58.3 Å². The molecular formula is C15H30O5. The number of hydrogen-bond donors (Lipinski definition) is 3. The van der Waals surface area contributed by atoms with Gasteiger partial charge in [-0.2, -0.15) is 0 Å². The third-order valence-corrected chi connectivity index (χ3v) is 3.78. The van der Waals surface area contributed by atoms with Crippen molar-refractivity contribution in [2.75, 3.05) is 13.2 Å². The van der Waals surface area contributed by atoms with Crippen LogP contribution in [-0.4, -0.2) is 53.1 Å². The van der Waals surface area contributed by atoms with Crippen LogP contribution in [0.15, 0.2) is 0 Å². The third-order valence-electron chi connectivity index (χ3n) is 3.78. The predicted octanol–water partition coefficient (Wildman–Crippen LogP) is 1.58. The monoisotopic (exact) mass is 290 g/mol. The standard InChI is InChI=1S/C15H30O5/c1-2-3-4-5-6-7-8-9-10-19-15-14(18)13(17)12(11-16)20-15/h12-18H,2-11H2,1H3/t12-,13+,14-,15?/m1/s1. The van der Waals surface area contributed by atoms with Crippen LogP contribution < -0.4 is 0 Å². The van der Waals surface area contributed by atoms with Gasteiger partial charge in [0.2, 0.25) is 0 Å². The Morgan fingerprint density at radius 2 is 1.50 bits per heavy atom. The molecule has 5 nitrogen and oxygen atoms in total. The number of unbranched alkanes of at least 4 members (excludes halogenated alkanes) is 7. The smallest absolute Gasteiger partial charge is 0.186 e. The molecular weight excluding hydrogens is 260 g/mol. The number of rotatable bonds is 11. The van der Waals surface area contributed by atoms with E-state index in [0.29, 0.717) is 6.61 Å². The van der Waals surface area contributed by atoms with Crippen molar-refractivity contribution in [2.24, 2.45) is 0 Å². The van der Waals surface area contributed by atoms with Crippen LogP contribution in [0.4, 0.5) is 0 Å². The van der Waals surface area contributed by atoms with Gasteiger partial charge in [-0.25, -0.2) is 0 Å². The molecule has 0 aromatic carbocycles. The maximum Gasteiger partial charge on any atom is 0.186 e. The molecule has 3 N–H and O–H groups in total. The third kappa shape index (κ3) is 6.06. The second-order valence-corrected chi connectivity index (χ2v) is 5.55. The first-order valence-electron chi connectivity index (χ1n) is 7.94. The van der Waals surface area contributed by atoms with E-state index in [0.717, 1.165) is 12.8 Å². The van der Waals surface area contributed by atoms with Crippen LogP contribution in [0, 0.1) is 0 Å². The van der Waals surface area contributed by atoms with E-state index in [2.05, 4.69) is 6.92 Å². The lowest BCUT2D eigenvalue weighted by molar-refractivity contribution is -0.169. The molecule has 0 aromatic rings. The van der Waals surface area contributed by atoms with Gasteiger partial charge < -0.3 is 24.8 Å². The highest BCUT2D eigenvalue weighted by atomic mass is 16.7. The fourth-order valence-corrected chi connectivity index (χ4v) is 2.44. The van der Waals surface area contributed by atoms with Gasteiger partial charge in [0.05, 0.1) is 6.61 Å². The largest absolute Gasteiger partial charge is 0.394 e. The molecule has 20 heavy (non-hydrogen) atoms. The average Bonchev–Trinajstić information content (AvgIpc) is 2.73. The molecule has 0 spiro atoms. The molecule has 5 heteroatoms. The van der Waals surface area contributed by atoms with Crippen molar-refractivity contribution < 1.29 is 24.8 Å². The summed E-state index contributed by atoms with van der Waals surface area (Å²) in [7, 11) is 0. The molecule has 1 heterocycles. The van der Waals surface area contributed by atoms with Crippen LogP contribution in [0.5, 0.6) is 0 Å². The molecule has 1 unspecified atom stereocenters. The van der Waals surface area contributed by atoms with Gasteiger partial charge in [0.1, 0.15) is 18.3 Å². The summed E-state index contributed by atoms with van der Waals surface area (Å²) in [6.45, 7) is 2.42. The van der Waals surface area contributed by atoms with Crippen molar-refractivity contribution in [3.8, 4) is 0 Å². The summed E-state index contributed by atoms with van der Waals surface area (Å²) in [6.07, 6.45) is 6.08. The van der Waals surface area contributed by atoms with Gasteiger partial charge in [-0.1, -0.05) is 51.9 Å². The van der Waals surface area contributed by atoms with Crippen molar-refractivity contribution in [1.29, 1.82) is 0 Å².